The number of piperidine rings is 1. The molecule has 7 nitrogen and oxygen atoms in total. The first kappa shape index (κ1) is 17.2. The summed E-state index contributed by atoms with van der Waals surface area (Å²) in [5, 5.41) is 4.39. The first-order valence-corrected chi connectivity index (χ1v) is 10.0. The van der Waals surface area contributed by atoms with E-state index in [4.69, 9.17) is 15.2 Å². The van der Waals surface area contributed by atoms with Gasteiger partial charge in [-0.05, 0) is 43.2 Å². The van der Waals surface area contributed by atoms with Crippen LogP contribution in [0.4, 0.5) is 12.0 Å². The lowest BCUT2D eigenvalue weighted by Crippen LogP contribution is -2.37. The molecule has 2 aromatic heterocycles. The topological polar surface area (TPSA) is 94.0 Å². The van der Waals surface area contributed by atoms with Crippen LogP contribution in [0, 0.1) is 0 Å². The molecule has 3 heterocycles. The summed E-state index contributed by atoms with van der Waals surface area (Å²) in [7, 11) is 0. The van der Waals surface area contributed by atoms with Gasteiger partial charge in [0.25, 0.3) is 0 Å². The number of aromatic nitrogens is 4. The summed E-state index contributed by atoms with van der Waals surface area (Å²) in [5.74, 6) is 1.11. The Kier molecular flexibility index (Phi) is 4.22. The monoisotopic (exact) mass is 376 g/mol. The molecular formula is C21H24N6O. The van der Waals surface area contributed by atoms with Crippen LogP contribution in [0.3, 0.4) is 0 Å². The summed E-state index contributed by atoms with van der Waals surface area (Å²) in [6, 6.07) is 9.23. The number of rotatable bonds is 4. The Hall–Kier alpha value is -2.96. The fourth-order valence-electron chi connectivity index (χ4n) is 4.26. The highest BCUT2D eigenvalue weighted by Crippen LogP contribution is 2.48. The van der Waals surface area contributed by atoms with E-state index in [0.717, 1.165) is 42.9 Å². The van der Waals surface area contributed by atoms with Crippen molar-refractivity contribution in [3.8, 4) is 11.1 Å². The van der Waals surface area contributed by atoms with Gasteiger partial charge < -0.3 is 15.2 Å². The van der Waals surface area contributed by atoms with Crippen molar-refractivity contribution in [1.29, 1.82) is 0 Å². The third-order valence-electron chi connectivity index (χ3n) is 6.12. The molecule has 1 aliphatic heterocycles. The van der Waals surface area contributed by atoms with E-state index in [-0.39, 0.29) is 11.4 Å². The first-order valence-electron chi connectivity index (χ1n) is 10.0. The molecule has 0 radical (unpaired) electrons. The van der Waals surface area contributed by atoms with Crippen LogP contribution in [0.5, 0.6) is 0 Å². The van der Waals surface area contributed by atoms with E-state index in [1.165, 1.54) is 31.2 Å². The molecule has 5 rings (SSSR count). The van der Waals surface area contributed by atoms with Gasteiger partial charge in [0.15, 0.2) is 5.82 Å². The smallest absolute Gasteiger partial charge is 0.324 e. The predicted molar refractivity (Wildman–Crippen MR) is 107 cm³/mol. The Bertz CT molecular complexity index is 940. The zero-order chi connectivity index (χ0) is 19.0. The quantitative estimate of drug-likeness (QED) is 0.744. The normalized spacial score (nSPS) is 18.6. The molecule has 1 saturated heterocycles. The van der Waals surface area contributed by atoms with E-state index in [9.17, 15) is 0 Å². The number of nitrogens with two attached hydrogens (primary N) is 1. The molecular weight excluding hydrogens is 352 g/mol. The maximum absolute atomic E-state index is 5.65. The van der Waals surface area contributed by atoms with Crippen molar-refractivity contribution >= 4 is 12.0 Å². The third kappa shape index (κ3) is 2.91. The Labute approximate surface area is 164 Å². The number of hydrogen-bond acceptors (Lipinski definition) is 7. The lowest BCUT2D eigenvalue weighted by molar-refractivity contribution is 0.272. The van der Waals surface area contributed by atoms with Crippen LogP contribution < -0.4 is 10.6 Å². The highest BCUT2D eigenvalue weighted by atomic mass is 16.5. The molecule has 3 aromatic rings. The zero-order valence-corrected chi connectivity index (χ0v) is 15.8. The molecule has 144 valence electrons. The second-order valence-corrected chi connectivity index (χ2v) is 7.79. The number of nitrogen functional groups attached to an aromatic ring is 1. The molecule has 28 heavy (non-hydrogen) atoms. The molecule has 0 atom stereocenters. The van der Waals surface area contributed by atoms with Crippen molar-refractivity contribution in [2.45, 2.75) is 43.9 Å². The molecule has 0 amide bonds. The van der Waals surface area contributed by atoms with Gasteiger partial charge in [0, 0.05) is 31.0 Å². The van der Waals surface area contributed by atoms with E-state index in [2.05, 4.69) is 44.3 Å². The van der Waals surface area contributed by atoms with E-state index >= 15 is 0 Å². The van der Waals surface area contributed by atoms with Crippen molar-refractivity contribution in [3.05, 3.63) is 48.0 Å². The summed E-state index contributed by atoms with van der Waals surface area (Å²) in [5.41, 5.74) is 8.72. The minimum atomic E-state index is -0.131. The summed E-state index contributed by atoms with van der Waals surface area (Å²) >= 11 is 0. The number of anilines is 2. The zero-order valence-electron chi connectivity index (χ0n) is 15.8. The number of hydrogen-bond donors (Lipinski definition) is 1. The largest absolute Gasteiger partial charge is 0.368 e. The number of benzene rings is 1. The van der Waals surface area contributed by atoms with Gasteiger partial charge in [-0.15, -0.1) is 0 Å². The second-order valence-electron chi connectivity index (χ2n) is 7.79. The van der Waals surface area contributed by atoms with Crippen molar-refractivity contribution in [2.75, 3.05) is 23.7 Å². The van der Waals surface area contributed by atoms with Crippen LogP contribution in [0.2, 0.25) is 0 Å². The summed E-state index contributed by atoms with van der Waals surface area (Å²) in [6.07, 6.45) is 10.5. The van der Waals surface area contributed by atoms with Gasteiger partial charge in [0.2, 0.25) is 5.95 Å². The van der Waals surface area contributed by atoms with Crippen LogP contribution in [0.1, 0.15) is 49.9 Å². The molecule has 1 saturated carbocycles. The van der Waals surface area contributed by atoms with Crippen LogP contribution in [0.15, 0.2) is 41.2 Å². The molecule has 0 unspecified atom stereocenters. The number of nitrogens with zero attached hydrogens (tertiary/aromatic N) is 5. The van der Waals surface area contributed by atoms with E-state index in [0.29, 0.717) is 6.01 Å². The Balaban J connectivity index is 1.42. The fourth-order valence-corrected chi connectivity index (χ4v) is 4.26. The molecule has 2 aliphatic rings. The average Bonchev–Trinajstić information content (AvgIpc) is 3.19. The third-order valence-corrected chi connectivity index (χ3v) is 6.12. The van der Waals surface area contributed by atoms with Crippen molar-refractivity contribution < 1.29 is 4.52 Å². The van der Waals surface area contributed by atoms with Gasteiger partial charge >= 0.3 is 6.01 Å². The lowest BCUT2D eigenvalue weighted by Gasteiger charge is -2.39. The van der Waals surface area contributed by atoms with E-state index < -0.39 is 0 Å². The molecule has 0 spiro atoms. The van der Waals surface area contributed by atoms with Gasteiger partial charge in [-0.25, -0.2) is 9.97 Å². The van der Waals surface area contributed by atoms with Crippen LogP contribution in [-0.2, 0) is 5.41 Å². The van der Waals surface area contributed by atoms with Crippen LogP contribution in [0.25, 0.3) is 11.1 Å². The summed E-state index contributed by atoms with van der Waals surface area (Å²) < 4.78 is 5.65. The van der Waals surface area contributed by atoms with Gasteiger partial charge in [-0.1, -0.05) is 35.8 Å². The van der Waals surface area contributed by atoms with E-state index in [1.807, 2.05) is 0 Å². The minimum absolute atomic E-state index is 0.131. The Morgan fingerprint density at radius 1 is 0.893 bits per heavy atom. The molecule has 1 aliphatic carbocycles. The van der Waals surface area contributed by atoms with Gasteiger partial charge in [-0.2, -0.15) is 4.98 Å². The van der Waals surface area contributed by atoms with Crippen molar-refractivity contribution in [2.24, 2.45) is 0 Å². The SMILES string of the molecule is Nc1ncc(-c2ccc(C3(c4noc(N5CCCCC5)n4)CCC3)cc2)cn1. The predicted octanol–water partition coefficient (Wildman–Crippen LogP) is 3.57. The van der Waals surface area contributed by atoms with Crippen molar-refractivity contribution in [3.63, 3.8) is 0 Å². The first-order chi connectivity index (χ1) is 13.7. The van der Waals surface area contributed by atoms with Gasteiger partial charge in [0.05, 0.1) is 5.41 Å². The maximum Gasteiger partial charge on any atom is 0.324 e. The van der Waals surface area contributed by atoms with Gasteiger partial charge in [-0.3, -0.25) is 0 Å². The second kappa shape index (κ2) is 6.89. The highest BCUT2D eigenvalue weighted by molar-refractivity contribution is 5.62. The molecule has 1 aromatic carbocycles. The lowest BCUT2D eigenvalue weighted by atomic mass is 9.64. The average molecular weight is 376 g/mol. The van der Waals surface area contributed by atoms with E-state index in [1.54, 1.807) is 12.4 Å². The highest BCUT2D eigenvalue weighted by Gasteiger charge is 2.44. The van der Waals surface area contributed by atoms with Crippen LogP contribution >= 0.6 is 0 Å². The Morgan fingerprint density at radius 3 is 2.25 bits per heavy atom. The summed E-state index contributed by atoms with van der Waals surface area (Å²) in [6.45, 7) is 2.01. The standard InChI is InChI=1S/C21H24N6O/c22-19-23-13-16(14-24-19)15-5-7-17(8-6-15)21(9-4-10-21)18-25-20(28-26-18)27-11-2-1-3-12-27/h5-8,13-14H,1-4,9-12H2,(H2,22,23,24). The van der Waals surface area contributed by atoms with Crippen molar-refractivity contribution in [1.82, 2.24) is 20.1 Å². The van der Waals surface area contributed by atoms with Gasteiger partial charge in [0.1, 0.15) is 0 Å². The Morgan fingerprint density at radius 2 is 1.61 bits per heavy atom. The molecule has 7 heteroatoms. The van der Waals surface area contributed by atoms with Crippen LogP contribution in [-0.4, -0.2) is 33.2 Å². The molecule has 2 N–H and O–H groups in total. The molecule has 2 fully saturated rings. The minimum Gasteiger partial charge on any atom is -0.368 e. The fraction of sp³-hybridized carbons (Fsp3) is 0.429. The summed E-state index contributed by atoms with van der Waals surface area (Å²) in [4.78, 5) is 15.2. The maximum atomic E-state index is 5.65. The molecule has 0 bridgehead atoms.